The van der Waals surface area contributed by atoms with E-state index in [1.807, 2.05) is 18.5 Å². The first-order chi connectivity index (χ1) is 57.6. The number of hydrogen-bond acceptors (Lipinski definition) is 16. The van der Waals surface area contributed by atoms with Crippen LogP contribution >= 0.6 is 31.9 Å². The molecule has 0 saturated carbocycles. The van der Waals surface area contributed by atoms with Crippen LogP contribution in [0, 0.1) is 5.95 Å². The minimum Gasteiger partial charge on any atom is -0.423 e. The van der Waals surface area contributed by atoms with Gasteiger partial charge in [0.05, 0.1) is 11.2 Å². The molecule has 16 nitrogen and oxygen atoms in total. The molecule has 0 atom stereocenters. The lowest BCUT2D eigenvalue weighted by Gasteiger charge is -2.57. The first-order valence-electron chi connectivity index (χ1n) is 42.4. The number of nitrogens with zero attached hydrogens (tertiary/aromatic N) is 11. The topological polar surface area (TPSA) is 145 Å². The van der Waals surface area contributed by atoms with E-state index >= 15 is 0 Å². The molecule has 123 heavy (non-hydrogen) atoms. The number of piperazine rings is 4. The molecule has 5 fully saturated rings. The molecule has 0 unspecified atom stereocenters. The highest BCUT2D eigenvalue weighted by Gasteiger charge is 2.61. The Hall–Kier alpha value is 0.0365. The summed E-state index contributed by atoms with van der Waals surface area (Å²) in [6.45, 7) is 39.3. The summed E-state index contributed by atoms with van der Waals surface area (Å²) in [5.74, 6) is 2.59. The minimum atomic E-state index is -1.44. The van der Waals surface area contributed by atoms with Crippen LogP contribution in [-0.4, -0.2) is 574 Å². The third-order valence-electron chi connectivity index (χ3n) is 24.5. The van der Waals surface area contributed by atoms with Crippen molar-refractivity contribution in [3.63, 3.8) is 0 Å². The maximum absolute atomic E-state index is 12.0. The Morgan fingerprint density at radius 1 is 0.350 bits per heavy atom. The number of anilines is 3. The van der Waals surface area contributed by atoms with Crippen LogP contribution in [-0.2, 0) is 9.31 Å². The first kappa shape index (κ1) is 115. The first-order valence-corrected chi connectivity index (χ1v) is 44.0. The second-order valence-electron chi connectivity index (χ2n) is 33.4. The number of rotatable bonds is 33. The van der Waals surface area contributed by atoms with Crippen molar-refractivity contribution < 1.29 is 23.7 Å². The van der Waals surface area contributed by atoms with E-state index in [0.717, 1.165) is 130 Å². The van der Waals surface area contributed by atoms with Crippen LogP contribution < -0.4 is 30.9 Å². The van der Waals surface area contributed by atoms with Crippen molar-refractivity contribution in [2.45, 2.75) is 66.6 Å². The molecule has 0 bridgehead atoms. The van der Waals surface area contributed by atoms with Crippen LogP contribution in [0.3, 0.4) is 0 Å². The maximum Gasteiger partial charge on any atom is 0.496 e. The van der Waals surface area contributed by atoms with Gasteiger partial charge in [0.2, 0.25) is 5.95 Å². The van der Waals surface area contributed by atoms with Gasteiger partial charge in [-0.3, -0.25) is 0 Å². The van der Waals surface area contributed by atoms with Crippen molar-refractivity contribution in [1.82, 2.24) is 44.9 Å². The van der Waals surface area contributed by atoms with Crippen molar-refractivity contribution in [1.29, 1.82) is 0 Å². The van der Waals surface area contributed by atoms with Gasteiger partial charge in [0.25, 0.3) is 0 Å². The molecule has 0 aliphatic carbocycles. The van der Waals surface area contributed by atoms with E-state index in [9.17, 15) is 4.39 Å². The third-order valence-corrected chi connectivity index (χ3v) is 25.5. The normalized spacial score (nSPS) is 15.4. The molecular formula is C50H79B54Br2FN12O4. The molecule has 4 aromatic rings. The fourth-order valence-electron chi connectivity index (χ4n) is 17.0. The number of aromatic nitrogens is 4. The van der Waals surface area contributed by atoms with Gasteiger partial charge in [-0.2, -0.15) is 4.39 Å². The van der Waals surface area contributed by atoms with Crippen LogP contribution in [0.4, 0.5) is 21.8 Å². The fourth-order valence-corrected chi connectivity index (χ4v) is 17.5. The van der Waals surface area contributed by atoms with Crippen molar-refractivity contribution >= 4 is 443 Å². The molecule has 0 aromatic carbocycles. The smallest absolute Gasteiger partial charge is 0.423 e. The molecule has 9 heterocycles. The average molecular weight is 1670 g/mol. The summed E-state index contributed by atoms with van der Waals surface area (Å²) in [6, 6.07) is 14.7. The molecule has 0 amide bonds. The quantitative estimate of drug-likeness (QED) is 0.0307. The predicted molar refractivity (Wildman–Crippen MR) is 595 cm³/mol. The van der Waals surface area contributed by atoms with Gasteiger partial charge >= 0.3 is 14.2 Å². The van der Waals surface area contributed by atoms with Crippen molar-refractivity contribution in [3.05, 3.63) is 88.2 Å². The highest BCUT2D eigenvalue weighted by Crippen LogP contribution is 2.37. The van der Waals surface area contributed by atoms with Crippen molar-refractivity contribution in [2.24, 2.45) is 0 Å². The lowest BCUT2D eigenvalue weighted by atomic mass is 8.24. The number of pyridine rings is 4. The number of likely N-dealkylation sites (N-methyl/N-ethyl adjacent to an activating group) is 4. The molecular weight excluding hydrogens is 1600 g/mol. The molecule has 73 heteroatoms. The van der Waals surface area contributed by atoms with Crippen LogP contribution in [0.15, 0.2) is 82.3 Å². The summed E-state index contributed by atoms with van der Waals surface area (Å²) in [7, 11) is 173. The Morgan fingerprint density at radius 3 is 0.854 bits per heavy atom. The van der Waals surface area contributed by atoms with Crippen molar-refractivity contribution in [3.8, 4) is 0 Å². The van der Waals surface area contributed by atoms with E-state index in [4.69, 9.17) is 228 Å². The molecule has 0 spiro atoms. The Labute approximate surface area is 805 Å². The van der Waals surface area contributed by atoms with Crippen LogP contribution in [0.1, 0.15) is 55.4 Å². The standard InChI is InChI=1S/C17H28BN3O2.C11H18BN3O2.C11H16BrN3.C6H14N2.C5H3BrFN.B52/c1-6-20-9-11-21(12-10-20)15-8-7-14(13-19-15)18-22-16(2,3)17(4,5)23-18;1-2-14-5-7-15(8-6-14)11-4-3-10(9-13-11)12(16)17;1-2-14-5-7-15(8-6-14)11-4-3-10(12)9-13-11;1-2-8-5-3-7-4-6-8;6-4-1-2-5(7)8-3-4;1-28(2)41(27)48(42(29(3)4)30(5)6)51(47(39(23)24)40(25)26)52(49(43(31(7)8)32(9)10)44(33(11)12)34(13)14)50(45(35(15)16)36(17)18)46(37(19)20)38(21)22/h7-8,13H,6,9-12H2,1-5H3;3-4,9,16-17H,2,5-8H2,1H3;3-4,9H,2,5-8H2,1H3;7H,2-6H2,1H3;1-3H;. The van der Waals surface area contributed by atoms with E-state index in [2.05, 4.69) is 171 Å². The summed E-state index contributed by atoms with van der Waals surface area (Å²) in [6.07, 6.45) is -26.3. The Kier molecular flexibility index (Phi) is 53.5. The summed E-state index contributed by atoms with van der Waals surface area (Å²) in [4.78, 5) is 33.4. The molecule has 5 aliphatic rings. The number of nitrogens with one attached hydrogen (secondary N) is 1. The lowest BCUT2D eigenvalue weighted by Crippen LogP contribution is -2.95. The van der Waals surface area contributed by atoms with Crippen molar-refractivity contribution in [2.75, 3.05) is 146 Å². The summed E-state index contributed by atoms with van der Waals surface area (Å²) in [5.41, 5.74) is 0.792. The highest BCUT2D eigenvalue weighted by atomic mass is 79.9. The van der Waals surface area contributed by atoms with Gasteiger partial charge < -0.3 is 59.0 Å². The molecule has 4 aromatic heterocycles. The summed E-state index contributed by atoms with van der Waals surface area (Å²) >= 11 is 6.52. The van der Waals surface area contributed by atoms with E-state index in [0.29, 0.717) is 5.46 Å². The Balaban J connectivity index is 0.000000359. The third kappa shape index (κ3) is 36.0. The number of halogens is 3. The zero-order valence-corrected chi connectivity index (χ0v) is 76.7. The summed E-state index contributed by atoms with van der Waals surface area (Å²) < 4.78 is 25.9. The second kappa shape index (κ2) is 57.0. The Bertz CT molecular complexity index is 3340. The van der Waals surface area contributed by atoms with Gasteiger partial charge in [-0.05, 0) is 122 Å². The second-order valence-corrected chi connectivity index (χ2v) is 35.2. The van der Waals surface area contributed by atoms with E-state index < -0.39 is 173 Å². The molecule has 3 N–H and O–H groups in total. The largest absolute Gasteiger partial charge is 0.496 e. The monoisotopic (exact) mass is 1680 g/mol. The molecule has 54 radical (unpaired) electrons. The minimum absolute atomic E-state index is 0.313. The van der Waals surface area contributed by atoms with E-state index in [-0.39, 0.29) is 18.3 Å². The van der Waals surface area contributed by atoms with Crippen LogP contribution in [0.5, 0.6) is 0 Å². The Morgan fingerprint density at radius 2 is 0.618 bits per heavy atom. The van der Waals surface area contributed by atoms with Crippen LogP contribution in [0.2, 0.25) is 0 Å². The molecule has 9 rings (SSSR count). The van der Waals surface area contributed by atoms with Gasteiger partial charge in [0.1, 0.15) is 17.5 Å². The van der Waals surface area contributed by atoms with Gasteiger partial charge in [-0.15, -0.1) is 0 Å². The maximum atomic E-state index is 12.0. The number of hydrogen-bond donors (Lipinski definition) is 3. The van der Waals surface area contributed by atoms with E-state index in [1.165, 1.54) is 51.2 Å². The predicted octanol–water partition coefficient (Wildman–Crippen LogP) is -15.5. The van der Waals surface area contributed by atoms with Gasteiger partial charge in [-0.1, -0.05) is 39.8 Å². The fraction of sp³-hybridized carbons (Fsp3) is 0.600. The molecule has 546 valence electrons. The average Bonchev–Trinajstić information content (AvgIpc) is 0.940. The van der Waals surface area contributed by atoms with E-state index in [1.54, 1.807) is 12.1 Å². The molecule has 5 aliphatic heterocycles. The SMILES string of the molecule is CCN1CCN(c2ccc(B(O)O)cn2)CC1.CCN1CCN(c2ccc(B3OC(C)(C)C(C)(C)O3)cn2)CC1.CCN1CCN(c2ccc(Br)cn2)CC1.CCN1CCNCC1.Fc1ccc(Br)cn1.[B]B([B])B([B])B(B(B([B])[B])B([B])[B])B(B(B([B])[B])B([B])[B])B(B(B(B([B])[B])B([B])[B])B(B([B])[B])B([B])[B])B(B(B([B])[B])B([B])[B])B(B([B])[B])B([B])[B]. The van der Waals surface area contributed by atoms with Gasteiger partial charge in [0.15, 0.2) is 0 Å². The zero-order chi connectivity index (χ0) is 92.8. The highest BCUT2D eigenvalue weighted by molar-refractivity contribution is 9.10. The van der Waals surface area contributed by atoms with Gasteiger partial charge in [0, 0.05) is 518 Å². The molecule has 5 saturated heterocycles. The van der Waals surface area contributed by atoms with Gasteiger partial charge in [-0.25, -0.2) is 19.9 Å². The van der Waals surface area contributed by atoms with Crippen LogP contribution in [0.25, 0.3) is 0 Å². The summed E-state index contributed by atoms with van der Waals surface area (Å²) in [5, 5.41) is 21.3. The zero-order valence-electron chi connectivity index (χ0n) is 73.5. The lowest BCUT2D eigenvalue weighted by molar-refractivity contribution is 0.00578.